The molecule has 0 bridgehead atoms. The molecule has 0 spiro atoms. The Labute approximate surface area is 80.4 Å². The molecule has 0 unspecified atom stereocenters. The maximum absolute atomic E-state index is 11.6. The van der Waals surface area contributed by atoms with Crippen molar-refractivity contribution in [3.63, 3.8) is 0 Å². The van der Waals surface area contributed by atoms with Crippen LogP contribution in [0, 0.1) is 0 Å². The molecule has 0 aromatic carbocycles. The lowest BCUT2D eigenvalue weighted by Gasteiger charge is -2.01. The van der Waals surface area contributed by atoms with Crippen LogP contribution in [0.5, 0.6) is 0 Å². The molecule has 2 rings (SSSR count). The van der Waals surface area contributed by atoms with E-state index in [0.717, 1.165) is 0 Å². The number of anilines is 1. The van der Waals surface area contributed by atoms with Gasteiger partial charge in [-0.05, 0) is 12.1 Å². The fraction of sp³-hybridized carbons (Fsp3) is 0.111. The fourth-order valence-electron chi connectivity index (χ4n) is 1.22. The van der Waals surface area contributed by atoms with Gasteiger partial charge in [0.2, 0.25) is 0 Å². The standard InChI is InChI=1S/C9H10N4O/c1-12-6-4-8(11-12)13-5-2-3-7(10)9(13)14/h2-6H,10H2,1H3. The summed E-state index contributed by atoms with van der Waals surface area (Å²) in [6.07, 6.45) is 3.41. The molecule has 0 aliphatic heterocycles. The average Bonchev–Trinajstić information content (AvgIpc) is 2.57. The van der Waals surface area contributed by atoms with Crippen molar-refractivity contribution in [2.45, 2.75) is 0 Å². The summed E-state index contributed by atoms with van der Waals surface area (Å²) in [7, 11) is 1.79. The summed E-state index contributed by atoms with van der Waals surface area (Å²) in [5.74, 6) is 0.574. The number of aromatic nitrogens is 3. The van der Waals surface area contributed by atoms with Crippen molar-refractivity contribution >= 4 is 5.69 Å². The van der Waals surface area contributed by atoms with Crippen LogP contribution in [0.3, 0.4) is 0 Å². The second-order valence-electron chi connectivity index (χ2n) is 2.99. The molecule has 2 aromatic rings. The molecule has 0 aliphatic rings. The van der Waals surface area contributed by atoms with E-state index in [4.69, 9.17) is 5.73 Å². The highest BCUT2D eigenvalue weighted by atomic mass is 16.1. The van der Waals surface area contributed by atoms with E-state index in [2.05, 4.69) is 5.10 Å². The molecule has 0 amide bonds. The van der Waals surface area contributed by atoms with Crippen molar-refractivity contribution in [2.24, 2.45) is 7.05 Å². The van der Waals surface area contributed by atoms with Crippen molar-refractivity contribution in [1.29, 1.82) is 0 Å². The first-order valence-electron chi connectivity index (χ1n) is 4.15. The summed E-state index contributed by atoms with van der Waals surface area (Å²) in [5, 5.41) is 4.11. The molecule has 0 saturated heterocycles. The number of aryl methyl sites for hydroxylation is 1. The Kier molecular flexibility index (Phi) is 1.85. The lowest BCUT2D eigenvalue weighted by atomic mass is 10.4. The molecule has 0 aliphatic carbocycles. The monoisotopic (exact) mass is 190 g/mol. The lowest BCUT2D eigenvalue weighted by molar-refractivity contribution is 0.747. The third-order valence-electron chi connectivity index (χ3n) is 1.92. The van der Waals surface area contributed by atoms with Crippen molar-refractivity contribution in [3.8, 4) is 5.82 Å². The van der Waals surface area contributed by atoms with Gasteiger partial charge in [0, 0.05) is 25.5 Å². The molecule has 5 heteroatoms. The third-order valence-corrected chi connectivity index (χ3v) is 1.92. The quantitative estimate of drug-likeness (QED) is 0.696. The van der Waals surface area contributed by atoms with Crippen molar-refractivity contribution in [3.05, 3.63) is 40.9 Å². The minimum absolute atomic E-state index is 0.221. The van der Waals surface area contributed by atoms with Gasteiger partial charge in [0.15, 0.2) is 5.82 Å². The number of rotatable bonds is 1. The van der Waals surface area contributed by atoms with E-state index in [1.807, 2.05) is 0 Å². The van der Waals surface area contributed by atoms with Crippen LogP contribution in [-0.4, -0.2) is 14.3 Å². The predicted molar refractivity (Wildman–Crippen MR) is 53.2 cm³/mol. The summed E-state index contributed by atoms with van der Waals surface area (Å²) in [6, 6.07) is 5.04. The number of nitrogen functional groups attached to an aromatic ring is 1. The van der Waals surface area contributed by atoms with E-state index >= 15 is 0 Å². The largest absolute Gasteiger partial charge is 0.394 e. The minimum atomic E-state index is -0.244. The van der Waals surface area contributed by atoms with Gasteiger partial charge in [-0.3, -0.25) is 14.0 Å². The molecule has 72 valence electrons. The van der Waals surface area contributed by atoms with Crippen molar-refractivity contribution in [1.82, 2.24) is 14.3 Å². The number of nitrogens with zero attached hydrogens (tertiary/aromatic N) is 3. The van der Waals surface area contributed by atoms with Crippen LogP contribution in [0.2, 0.25) is 0 Å². The van der Waals surface area contributed by atoms with Gasteiger partial charge >= 0.3 is 0 Å². The molecule has 0 fully saturated rings. The van der Waals surface area contributed by atoms with E-state index in [9.17, 15) is 4.79 Å². The molecule has 5 nitrogen and oxygen atoms in total. The SMILES string of the molecule is Cn1ccc(-n2cccc(N)c2=O)n1. The molecule has 2 N–H and O–H groups in total. The summed E-state index contributed by atoms with van der Waals surface area (Å²) in [6.45, 7) is 0. The molecular weight excluding hydrogens is 180 g/mol. The van der Waals surface area contributed by atoms with E-state index in [-0.39, 0.29) is 11.2 Å². The van der Waals surface area contributed by atoms with E-state index in [1.165, 1.54) is 4.57 Å². The molecule has 0 saturated carbocycles. The summed E-state index contributed by atoms with van der Waals surface area (Å²) < 4.78 is 3.04. The van der Waals surface area contributed by atoms with Gasteiger partial charge in [-0.1, -0.05) is 0 Å². The number of hydrogen-bond acceptors (Lipinski definition) is 3. The maximum Gasteiger partial charge on any atom is 0.279 e. The van der Waals surface area contributed by atoms with E-state index in [0.29, 0.717) is 5.82 Å². The average molecular weight is 190 g/mol. The Morgan fingerprint density at radius 2 is 2.14 bits per heavy atom. The molecule has 2 heterocycles. The van der Waals surface area contributed by atoms with Gasteiger partial charge < -0.3 is 5.73 Å². The van der Waals surface area contributed by atoms with E-state index in [1.54, 1.807) is 42.3 Å². The highest BCUT2D eigenvalue weighted by molar-refractivity contribution is 5.37. The number of pyridine rings is 1. The Hall–Kier alpha value is -2.04. The highest BCUT2D eigenvalue weighted by Gasteiger charge is 2.03. The second kappa shape index (κ2) is 3.02. The Bertz CT molecular complexity index is 512. The Morgan fingerprint density at radius 3 is 2.79 bits per heavy atom. The second-order valence-corrected chi connectivity index (χ2v) is 2.99. The Balaban J connectivity index is 2.63. The van der Waals surface area contributed by atoms with Crippen LogP contribution >= 0.6 is 0 Å². The molecule has 0 radical (unpaired) electrons. The fourth-order valence-corrected chi connectivity index (χ4v) is 1.22. The normalized spacial score (nSPS) is 10.4. The Morgan fingerprint density at radius 1 is 1.36 bits per heavy atom. The van der Waals surface area contributed by atoms with Crippen LogP contribution < -0.4 is 11.3 Å². The topological polar surface area (TPSA) is 65.8 Å². The van der Waals surface area contributed by atoms with Gasteiger partial charge in [0.05, 0.1) is 5.69 Å². The van der Waals surface area contributed by atoms with E-state index < -0.39 is 0 Å². The first-order chi connectivity index (χ1) is 6.68. The molecule has 2 aromatic heterocycles. The zero-order chi connectivity index (χ0) is 10.1. The predicted octanol–water partition coefficient (Wildman–Crippen LogP) is 0.153. The first-order valence-corrected chi connectivity index (χ1v) is 4.15. The summed E-state index contributed by atoms with van der Waals surface area (Å²) >= 11 is 0. The third kappa shape index (κ3) is 1.28. The highest BCUT2D eigenvalue weighted by Crippen LogP contribution is 2.01. The lowest BCUT2D eigenvalue weighted by Crippen LogP contribution is -2.20. The van der Waals surface area contributed by atoms with Crippen LogP contribution in [0.15, 0.2) is 35.4 Å². The summed E-state index contributed by atoms with van der Waals surface area (Å²) in [4.78, 5) is 11.6. The van der Waals surface area contributed by atoms with Crippen LogP contribution in [0.1, 0.15) is 0 Å². The van der Waals surface area contributed by atoms with Gasteiger partial charge in [0.25, 0.3) is 5.56 Å². The zero-order valence-corrected chi connectivity index (χ0v) is 7.71. The van der Waals surface area contributed by atoms with Gasteiger partial charge in [0.1, 0.15) is 0 Å². The van der Waals surface area contributed by atoms with Crippen LogP contribution in [-0.2, 0) is 7.05 Å². The smallest absolute Gasteiger partial charge is 0.279 e. The maximum atomic E-state index is 11.6. The number of nitrogens with two attached hydrogens (primary N) is 1. The molecule has 0 atom stereocenters. The van der Waals surface area contributed by atoms with Gasteiger partial charge in [-0.2, -0.15) is 5.10 Å². The molecule has 14 heavy (non-hydrogen) atoms. The van der Waals surface area contributed by atoms with Crippen LogP contribution in [0.4, 0.5) is 5.69 Å². The first kappa shape index (κ1) is 8.55. The number of hydrogen-bond donors (Lipinski definition) is 1. The van der Waals surface area contributed by atoms with Crippen LogP contribution in [0.25, 0.3) is 5.82 Å². The zero-order valence-electron chi connectivity index (χ0n) is 7.71. The van der Waals surface area contributed by atoms with Gasteiger partial charge in [-0.15, -0.1) is 0 Å². The molecular formula is C9H10N4O. The summed E-state index contributed by atoms with van der Waals surface area (Å²) in [5.41, 5.74) is 5.47. The van der Waals surface area contributed by atoms with Gasteiger partial charge in [-0.25, -0.2) is 0 Å². The van der Waals surface area contributed by atoms with Crippen molar-refractivity contribution < 1.29 is 0 Å². The van der Waals surface area contributed by atoms with Crippen molar-refractivity contribution in [2.75, 3.05) is 5.73 Å². The minimum Gasteiger partial charge on any atom is -0.394 e.